The minimum Gasteiger partial charge on any atom is -0.299 e. The van der Waals surface area contributed by atoms with Gasteiger partial charge in [0.25, 0.3) is 0 Å². The summed E-state index contributed by atoms with van der Waals surface area (Å²) in [6, 6.07) is 9.44. The predicted molar refractivity (Wildman–Crippen MR) is 61.9 cm³/mol. The second-order valence-corrected chi connectivity index (χ2v) is 2.87. The zero-order chi connectivity index (χ0) is 12.4. The highest BCUT2D eigenvalue weighted by atomic mass is 16.2. The summed E-state index contributed by atoms with van der Waals surface area (Å²) in [7, 11) is 0. The third-order valence-corrected chi connectivity index (χ3v) is 1.36. The number of hydrogen-bond donors (Lipinski definition) is 4. The van der Waals surface area contributed by atoms with E-state index in [9.17, 15) is 9.59 Å². The Morgan fingerprint density at radius 3 is 1.94 bits per heavy atom. The van der Waals surface area contributed by atoms with Crippen molar-refractivity contribution in [3.63, 3.8) is 0 Å². The summed E-state index contributed by atoms with van der Waals surface area (Å²) in [6.07, 6.45) is 0. The molecule has 1 aromatic carbocycles. The maximum Gasteiger partial charge on any atom is 0.235 e. The molecule has 0 aliphatic heterocycles. The van der Waals surface area contributed by atoms with Crippen molar-refractivity contribution in [1.82, 2.24) is 10.9 Å². The fourth-order valence-corrected chi connectivity index (χ4v) is 0.682. The predicted octanol–water partition coefficient (Wildman–Crippen LogP) is 0.146. The summed E-state index contributed by atoms with van der Waals surface area (Å²) >= 11 is 0. The Labute approximate surface area is 94.1 Å². The second kappa shape index (κ2) is 8.25. The molecule has 6 heteroatoms. The Bertz CT molecular complexity index is 327. The molecule has 0 atom stereocenters. The standard InChI is InChI=1S/C8H10N2O.C2H6N2O/c1-7(11)9-10-8-5-3-2-4-6-8;1-2(5)4-3/h2-6,10H,1H3,(H,9,11);3H2,1H3,(H,4,5). The molecule has 0 radical (unpaired) electrons. The molecule has 1 aromatic rings. The number of hydrazine groups is 2. The maximum absolute atomic E-state index is 10.4. The fourth-order valence-electron chi connectivity index (χ4n) is 0.682. The summed E-state index contributed by atoms with van der Waals surface area (Å²) in [5, 5.41) is 0. The zero-order valence-electron chi connectivity index (χ0n) is 9.28. The normalized spacial score (nSPS) is 8.19. The van der Waals surface area contributed by atoms with Crippen LogP contribution in [0.4, 0.5) is 5.69 Å². The van der Waals surface area contributed by atoms with Gasteiger partial charge in [-0.05, 0) is 12.1 Å². The molecule has 0 aliphatic rings. The van der Waals surface area contributed by atoms with Crippen LogP contribution in [0.1, 0.15) is 13.8 Å². The number of nitrogens with two attached hydrogens (primary N) is 1. The monoisotopic (exact) mass is 224 g/mol. The second-order valence-electron chi connectivity index (χ2n) is 2.87. The Morgan fingerprint density at radius 1 is 1.06 bits per heavy atom. The largest absolute Gasteiger partial charge is 0.299 e. The molecular weight excluding hydrogens is 208 g/mol. The molecule has 0 saturated carbocycles. The van der Waals surface area contributed by atoms with Crippen molar-refractivity contribution in [3.8, 4) is 0 Å². The summed E-state index contributed by atoms with van der Waals surface area (Å²) in [5.41, 5.74) is 7.98. The molecule has 0 saturated heterocycles. The van der Waals surface area contributed by atoms with Crippen LogP contribution >= 0.6 is 0 Å². The average molecular weight is 224 g/mol. The number of anilines is 1. The molecule has 0 spiro atoms. The lowest BCUT2D eigenvalue weighted by Gasteiger charge is -2.04. The first-order valence-electron chi connectivity index (χ1n) is 4.61. The van der Waals surface area contributed by atoms with Crippen LogP contribution in [0.5, 0.6) is 0 Å². The van der Waals surface area contributed by atoms with E-state index in [0.717, 1.165) is 5.69 Å². The molecule has 0 bridgehead atoms. The van der Waals surface area contributed by atoms with Crippen LogP contribution in [0.2, 0.25) is 0 Å². The topological polar surface area (TPSA) is 96.2 Å². The van der Waals surface area contributed by atoms with Gasteiger partial charge in [0.15, 0.2) is 0 Å². The van der Waals surface area contributed by atoms with Gasteiger partial charge >= 0.3 is 0 Å². The van der Waals surface area contributed by atoms with Gasteiger partial charge in [0.2, 0.25) is 11.8 Å². The Morgan fingerprint density at radius 2 is 1.56 bits per heavy atom. The Kier molecular flexibility index (Phi) is 7.17. The molecule has 0 unspecified atom stereocenters. The van der Waals surface area contributed by atoms with Gasteiger partial charge in [-0.15, -0.1) is 0 Å². The average Bonchev–Trinajstić information content (AvgIpc) is 2.28. The molecule has 0 aromatic heterocycles. The zero-order valence-corrected chi connectivity index (χ0v) is 9.28. The fraction of sp³-hybridized carbons (Fsp3) is 0.200. The number of hydrogen-bond acceptors (Lipinski definition) is 4. The molecule has 16 heavy (non-hydrogen) atoms. The molecule has 2 amide bonds. The van der Waals surface area contributed by atoms with E-state index in [1.54, 1.807) is 0 Å². The SMILES string of the molecule is CC(=O)NN.CC(=O)NNc1ccccc1. The summed E-state index contributed by atoms with van der Waals surface area (Å²) < 4.78 is 0. The van der Waals surface area contributed by atoms with Crippen molar-refractivity contribution >= 4 is 17.5 Å². The van der Waals surface area contributed by atoms with Gasteiger partial charge in [0.05, 0.1) is 5.69 Å². The lowest BCUT2D eigenvalue weighted by Crippen LogP contribution is -2.26. The Hall–Kier alpha value is -2.08. The van der Waals surface area contributed by atoms with Crippen LogP contribution in [0.25, 0.3) is 0 Å². The van der Waals surface area contributed by atoms with E-state index in [1.807, 2.05) is 35.8 Å². The number of amides is 2. The van der Waals surface area contributed by atoms with Crippen molar-refractivity contribution in [1.29, 1.82) is 0 Å². The first-order valence-corrected chi connectivity index (χ1v) is 4.61. The van der Waals surface area contributed by atoms with Crippen molar-refractivity contribution in [2.45, 2.75) is 13.8 Å². The third-order valence-electron chi connectivity index (χ3n) is 1.36. The van der Waals surface area contributed by atoms with E-state index in [4.69, 9.17) is 0 Å². The van der Waals surface area contributed by atoms with E-state index >= 15 is 0 Å². The van der Waals surface area contributed by atoms with Crippen LogP contribution in [0.3, 0.4) is 0 Å². The molecule has 5 N–H and O–H groups in total. The van der Waals surface area contributed by atoms with E-state index in [0.29, 0.717) is 0 Å². The van der Waals surface area contributed by atoms with Gasteiger partial charge in [-0.2, -0.15) is 0 Å². The molecular formula is C10H16N4O2. The molecule has 88 valence electrons. The third kappa shape index (κ3) is 8.52. The number of nitrogens with one attached hydrogen (secondary N) is 3. The van der Waals surface area contributed by atoms with E-state index in [1.165, 1.54) is 13.8 Å². The minimum atomic E-state index is -0.218. The van der Waals surface area contributed by atoms with Crippen molar-refractivity contribution in [3.05, 3.63) is 30.3 Å². The van der Waals surface area contributed by atoms with Crippen LogP contribution < -0.4 is 22.1 Å². The summed E-state index contributed by atoms with van der Waals surface area (Å²) in [4.78, 5) is 20.0. The van der Waals surface area contributed by atoms with Gasteiger partial charge in [0, 0.05) is 13.8 Å². The highest BCUT2D eigenvalue weighted by Crippen LogP contribution is 2.01. The van der Waals surface area contributed by atoms with Gasteiger partial charge < -0.3 is 0 Å². The number of benzene rings is 1. The molecule has 0 aliphatic carbocycles. The van der Waals surface area contributed by atoms with Gasteiger partial charge in [-0.3, -0.25) is 25.9 Å². The van der Waals surface area contributed by atoms with Crippen molar-refractivity contribution < 1.29 is 9.59 Å². The van der Waals surface area contributed by atoms with Gasteiger partial charge in [0.1, 0.15) is 0 Å². The van der Waals surface area contributed by atoms with Crippen molar-refractivity contribution in [2.75, 3.05) is 5.43 Å². The molecule has 6 nitrogen and oxygen atoms in total. The van der Waals surface area contributed by atoms with Crippen molar-refractivity contribution in [2.24, 2.45) is 5.84 Å². The number of carbonyl (C=O) groups excluding carboxylic acids is 2. The minimum absolute atomic E-state index is 0.103. The van der Waals surface area contributed by atoms with Crippen LogP contribution in [-0.4, -0.2) is 11.8 Å². The lowest BCUT2D eigenvalue weighted by atomic mass is 10.3. The van der Waals surface area contributed by atoms with Crippen LogP contribution in [0, 0.1) is 0 Å². The number of rotatable bonds is 2. The molecule has 0 fully saturated rings. The number of para-hydroxylation sites is 1. The molecule has 0 heterocycles. The summed E-state index contributed by atoms with van der Waals surface area (Å²) in [6.45, 7) is 2.80. The van der Waals surface area contributed by atoms with E-state index < -0.39 is 0 Å². The van der Waals surface area contributed by atoms with Gasteiger partial charge in [-0.25, -0.2) is 5.84 Å². The summed E-state index contributed by atoms with van der Waals surface area (Å²) in [5.74, 6) is 4.25. The molecule has 1 rings (SSSR count). The first-order chi connectivity index (χ1) is 7.56. The first kappa shape index (κ1) is 13.9. The van der Waals surface area contributed by atoms with E-state index in [-0.39, 0.29) is 11.8 Å². The van der Waals surface area contributed by atoms with Gasteiger partial charge in [-0.1, -0.05) is 18.2 Å². The lowest BCUT2D eigenvalue weighted by molar-refractivity contribution is -0.119. The highest BCUT2D eigenvalue weighted by molar-refractivity contribution is 5.74. The maximum atomic E-state index is 10.4. The van der Waals surface area contributed by atoms with Crippen LogP contribution in [0.15, 0.2) is 30.3 Å². The Balaban J connectivity index is 0.000000385. The van der Waals surface area contributed by atoms with E-state index in [2.05, 4.69) is 16.7 Å². The quantitative estimate of drug-likeness (QED) is 0.326. The number of carbonyl (C=O) groups is 2. The smallest absolute Gasteiger partial charge is 0.235 e. The van der Waals surface area contributed by atoms with Crippen LogP contribution in [-0.2, 0) is 9.59 Å². The highest BCUT2D eigenvalue weighted by Gasteiger charge is 1.88.